The maximum atomic E-state index is 13.3. The third-order valence-corrected chi connectivity index (χ3v) is 5.73. The highest BCUT2D eigenvalue weighted by Crippen LogP contribution is 2.14. The summed E-state index contributed by atoms with van der Waals surface area (Å²) in [5.74, 6) is 0.668. The lowest BCUT2D eigenvalue weighted by molar-refractivity contribution is 0.199. The van der Waals surface area contributed by atoms with Crippen LogP contribution in [0.2, 0.25) is 0 Å². The summed E-state index contributed by atoms with van der Waals surface area (Å²) < 4.78 is 44.9. The number of aliphatic imine (C=N–C) groups is 1. The van der Waals surface area contributed by atoms with Gasteiger partial charge in [0.25, 0.3) is 0 Å². The zero-order chi connectivity index (χ0) is 22.0. The van der Waals surface area contributed by atoms with Crippen molar-refractivity contribution in [2.75, 3.05) is 20.6 Å². The monoisotopic (exact) mass is 564 g/mol. The van der Waals surface area contributed by atoms with Gasteiger partial charge >= 0.3 is 0 Å². The number of hydrogen-bond acceptors (Lipinski definition) is 4. The van der Waals surface area contributed by atoms with Gasteiger partial charge in [-0.15, -0.1) is 24.0 Å². The van der Waals surface area contributed by atoms with Crippen LogP contribution in [0.1, 0.15) is 24.5 Å². The maximum absolute atomic E-state index is 13.3. The molecule has 3 N–H and O–H groups in total. The topological polar surface area (TPSA) is 91.8 Å². The number of rotatable bonds is 10. The SMILES string of the molecule is CCC(CNC(=NC)NCc1cccc(CS(=O)(=O)NC)c1)Oc1cccc(F)c1.I. The van der Waals surface area contributed by atoms with Crippen molar-refractivity contribution in [1.29, 1.82) is 0 Å². The van der Waals surface area contributed by atoms with Crippen molar-refractivity contribution in [3.63, 3.8) is 0 Å². The largest absolute Gasteiger partial charge is 0.489 e. The van der Waals surface area contributed by atoms with Crippen molar-refractivity contribution < 1.29 is 17.5 Å². The molecule has 0 aromatic heterocycles. The Bertz CT molecular complexity index is 957. The molecular weight excluding hydrogens is 534 g/mol. The van der Waals surface area contributed by atoms with Crippen LogP contribution in [0.15, 0.2) is 53.5 Å². The summed E-state index contributed by atoms with van der Waals surface area (Å²) in [7, 11) is -0.252. The van der Waals surface area contributed by atoms with Gasteiger partial charge in [-0.3, -0.25) is 4.99 Å². The minimum atomic E-state index is -3.32. The number of sulfonamides is 1. The van der Waals surface area contributed by atoms with E-state index in [0.29, 0.717) is 30.4 Å². The molecule has 10 heteroatoms. The van der Waals surface area contributed by atoms with Crippen LogP contribution in [0, 0.1) is 5.82 Å². The molecule has 0 saturated carbocycles. The summed E-state index contributed by atoms with van der Waals surface area (Å²) in [6.07, 6.45) is 0.586. The zero-order valence-corrected chi connectivity index (χ0v) is 21.0. The third-order valence-electron chi connectivity index (χ3n) is 4.39. The van der Waals surface area contributed by atoms with Gasteiger partial charge in [0, 0.05) is 19.7 Å². The molecule has 7 nitrogen and oxygen atoms in total. The van der Waals surface area contributed by atoms with E-state index in [9.17, 15) is 12.8 Å². The van der Waals surface area contributed by atoms with Crippen molar-refractivity contribution >= 4 is 40.0 Å². The van der Waals surface area contributed by atoms with E-state index in [2.05, 4.69) is 20.3 Å². The predicted molar refractivity (Wildman–Crippen MR) is 133 cm³/mol. The predicted octanol–water partition coefficient (Wildman–Crippen LogP) is 3.02. The Morgan fingerprint density at radius 3 is 2.48 bits per heavy atom. The Balaban J connectivity index is 0.00000480. The van der Waals surface area contributed by atoms with Crippen molar-refractivity contribution in [1.82, 2.24) is 15.4 Å². The normalized spacial score (nSPS) is 12.6. The lowest BCUT2D eigenvalue weighted by Gasteiger charge is -2.20. The van der Waals surface area contributed by atoms with Crippen LogP contribution in [0.4, 0.5) is 4.39 Å². The summed E-state index contributed by atoms with van der Waals surface area (Å²) in [6, 6.07) is 13.4. The minimum Gasteiger partial charge on any atom is -0.489 e. The van der Waals surface area contributed by atoms with E-state index in [0.717, 1.165) is 12.0 Å². The van der Waals surface area contributed by atoms with Gasteiger partial charge in [-0.05, 0) is 36.7 Å². The summed E-state index contributed by atoms with van der Waals surface area (Å²) in [6.45, 7) is 2.97. The van der Waals surface area contributed by atoms with Crippen LogP contribution in [0.25, 0.3) is 0 Å². The highest BCUT2D eigenvalue weighted by atomic mass is 127. The number of hydrogen-bond donors (Lipinski definition) is 3. The molecule has 0 radical (unpaired) electrons. The average molecular weight is 564 g/mol. The average Bonchev–Trinajstić information content (AvgIpc) is 2.73. The molecule has 0 aliphatic heterocycles. The van der Waals surface area contributed by atoms with Crippen LogP contribution in [0.5, 0.6) is 5.75 Å². The number of guanidine groups is 1. The molecule has 0 fully saturated rings. The lowest BCUT2D eigenvalue weighted by Crippen LogP contribution is -2.42. The van der Waals surface area contributed by atoms with E-state index in [4.69, 9.17) is 4.74 Å². The number of ether oxygens (including phenoxy) is 1. The standard InChI is InChI=1S/C21H29FN4O3S.HI/c1-4-19(29-20-10-6-9-18(22)12-20)14-26-21(23-2)25-13-16-7-5-8-17(11-16)15-30(27,28)24-3;/h5-12,19,24H,4,13-15H2,1-3H3,(H2,23,25,26);1H. The van der Waals surface area contributed by atoms with Crippen LogP contribution in [-0.2, 0) is 22.3 Å². The Hall–Kier alpha value is -1.92. The van der Waals surface area contributed by atoms with Crippen LogP contribution >= 0.6 is 24.0 Å². The van der Waals surface area contributed by atoms with Crippen LogP contribution < -0.4 is 20.1 Å². The van der Waals surface area contributed by atoms with E-state index in [-0.39, 0.29) is 41.7 Å². The molecule has 2 aromatic rings. The molecule has 172 valence electrons. The molecule has 31 heavy (non-hydrogen) atoms. The molecule has 2 aromatic carbocycles. The fourth-order valence-electron chi connectivity index (χ4n) is 2.74. The number of nitrogens with zero attached hydrogens (tertiary/aromatic N) is 1. The van der Waals surface area contributed by atoms with Crippen molar-refractivity contribution in [2.45, 2.75) is 31.7 Å². The second-order valence-corrected chi connectivity index (χ2v) is 8.62. The fourth-order valence-corrected chi connectivity index (χ4v) is 3.50. The third kappa shape index (κ3) is 9.83. The van der Waals surface area contributed by atoms with Gasteiger partial charge in [0.05, 0.1) is 12.3 Å². The van der Waals surface area contributed by atoms with E-state index in [1.165, 1.54) is 19.2 Å². The molecule has 1 atom stereocenters. The highest BCUT2D eigenvalue weighted by Gasteiger charge is 2.11. The second-order valence-electron chi connectivity index (χ2n) is 6.70. The van der Waals surface area contributed by atoms with E-state index >= 15 is 0 Å². The summed E-state index contributed by atoms with van der Waals surface area (Å²) in [5, 5.41) is 6.40. The van der Waals surface area contributed by atoms with Gasteiger partial charge < -0.3 is 15.4 Å². The van der Waals surface area contributed by atoms with Gasteiger partial charge in [0.15, 0.2) is 5.96 Å². The van der Waals surface area contributed by atoms with Gasteiger partial charge in [-0.25, -0.2) is 17.5 Å². The molecule has 0 saturated heterocycles. The number of halogens is 2. The first kappa shape index (κ1) is 27.1. The van der Waals surface area contributed by atoms with Gasteiger partial charge in [-0.1, -0.05) is 37.3 Å². The molecule has 0 aliphatic rings. The number of benzene rings is 2. The fraction of sp³-hybridized carbons (Fsp3) is 0.381. The molecule has 0 bridgehead atoms. The smallest absolute Gasteiger partial charge is 0.215 e. The van der Waals surface area contributed by atoms with E-state index in [1.807, 2.05) is 25.1 Å². The summed E-state index contributed by atoms with van der Waals surface area (Å²) in [5.41, 5.74) is 1.64. The van der Waals surface area contributed by atoms with Crippen molar-refractivity contribution in [3.05, 3.63) is 65.5 Å². The Kier molecular flexibility index (Phi) is 11.8. The quantitative estimate of drug-likeness (QED) is 0.235. The lowest BCUT2D eigenvalue weighted by atomic mass is 10.1. The molecule has 0 heterocycles. The van der Waals surface area contributed by atoms with Crippen molar-refractivity contribution in [3.8, 4) is 5.75 Å². The first-order valence-electron chi connectivity index (χ1n) is 9.71. The minimum absolute atomic E-state index is 0. The Morgan fingerprint density at radius 2 is 1.84 bits per heavy atom. The summed E-state index contributed by atoms with van der Waals surface area (Å²) in [4.78, 5) is 4.20. The molecule has 0 aliphatic carbocycles. The summed E-state index contributed by atoms with van der Waals surface area (Å²) >= 11 is 0. The molecule has 0 amide bonds. The second kappa shape index (κ2) is 13.5. The molecule has 0 spiro atoms. The highest BCUT2D eigenvalue weighted by molar-refractivity contribution is 14.0. The molecule has 1 unspecified atom stereocenters. The van der Waals surface area contributed by atoms with Crippen molar-refractivity contribution in [2.24, 2.45) is 4.99 Å². The molecule has 2 rings (SSSR count). The zero-order valence-electron chi connectivity index (χ0n) is 17.9. The maximum Gasteiger partial charge on any atom is 0.215 e. The first-order chi connectivity index (χ1) is 14.3. The number of nitrogens with one attached hydrogen (secondary N) is 3. The van der Waals surface area contributed by atoms with Crippen LogP contribution in [0.3, 0.4) is 0 Å². The van der Waals surface area contributed by atoms with Gasteiger partial charge in [-0.2, -0.15) is 0 Å². The van der Waals surface area contributed by atoms with Gasteiger partial charge in [0.2, 0.25) is 10.0 Å². The van der Waals surface area contributed by atoms with Crippen LogP contribution in [-0.4, -0.2) is 41.1 Å². The van der Waals surface area contributed by atoms with E-state index < -0.39 is 10.0 Å². The molecular formula is C21H30FIN4O3S. The van der Waals surface area contributed by atoms with Gasteiger partial charge in [0.1, 0.15) is 17.7 Å². The Morgan fingerprint density at radius 1 is 1.13 bits per heavy atom. The first-order valence-corrected chi connectivity index (χ1v) is 11.4. The van der Waals surface area contributed by atoms with E-state index in [1.54, 1.807) is 25.2 Å². The Labute approximate surface area is 201 Å².